The fourth-order valence-corrected chi connectivity index (χ4v) is 2.85. The molecule has 0 fully saturated rings. The molecule has 0 radical (unpaired) electrons. The Morgan fingerprint density at radius 3 is 2.76 bits per heavy atom. The van der Waals surface area contributed by atoms with Gasteiger partial charge in [0, 0.05) is 18.3 Å². The lowest BCUT2D eigenvalue weighted by Crippen LogP contribution is -2.26. The lowest BCUT2D eigenvalue weighted by atomic mass is 10.1. The van der Waals surface area contributed by atoms with Gasteiger partial charge in [-0.3, -0.25) is 0 Å². The average molecular weight is 274 g/mol. The maximum Gasteiger partial charge on any atom is 0.240 e. The Balaban J connectivity index is 2.87. The number of nitrogens with one attached hydrogen (secondary N) is 1. The largest absolute Gasteiger partial charge is 0.324 e. The highest BCUT2D eigenvalue weighted by Gasteiger charge is 2.14. The Morgan fingerprint density at radius 2 is 2.18 bits per heavy atom. The summed E-state index contributed by atoms with van der Waals surface area (Å²) >= 11 is 1.60. The van der Waals surface area contributed by atoms with Crippen molar-refractivity contribution in [3.05, 3.63) is 29.8 Å². The van der Waals surface area contributed by atoms with E-state index in [9.17, 15) is 8.42 Å². The molecule has 1 aromatic carbocycles. The molecule has 3 N–H and O–H groups in total. The van der Waals surface area contributed by atoms with Crippen LogP contribution in [0.5, 0.6) is 0 Å². The van der Waals surface area contributed by atoms with Gasteiger partial charge in [0.1, 0.15) is 0 Å². The van der Waals surface area contributed by atoms with Crippen LogP contribution in [0.25, 0.3) is 0 Å². The summed E-state index contributed by atoms with van der Waals surface area (Å²) in [5.41, 5.74) is 6.55. The van der Waals surface area contributed by atoms with Gasteiger partial charge < -0.3 is 5.73 Å². The number of benzene rings is 1. The van der Waals surface area contributed by atoms with E-state index in [0.29, 0.717) is 6.54 Å². The van der Waals surface area contributed by atoms with Crippen molar-refractivity contribution in [2.45, 2.75) is 17.9 Å². The zero-order valence-electron chi connectivity index (χ0n) is 10.0. The van der Waals surface area contributed by atoms with Crippen LogP contribution in [0.1, 0.15) is 18.5 Å². The summed E-state index contributed by atoms with van der Waals surface area (Å²) in [4.78, 5) is 0.272. The minimum absolute atomic E-state index is 0.170. The summed E-state index contributed by atoms with van der Waals surface area (Å²) in [5.74, 6) is 0.756. The standard InChI is InChI=1S/C11H18N2O2S2/c1-9(12)10-4-3-5-11(8-10)17(14,15)13-6-7-16-2/h3-5,8-9,13H,6-7,12H2,1-2H3. The SMILES string of the molecule is CSCCNS(=O)(=O)c1cccc(C(C)N)c1. The van der Waals surface area contributed by atoms with E-state index in [1.165, 1.54) is 0 Å². The van der Waals surface area contributed by atoms with E-state index in [-0.39, 0.29) is 10.9 Å². The zero-order valence-corrected chi connectivity index (χ0v) is 11.6. The summed E-state index contributed by atoms with van der Waals surface area (Å²) in [5, 5.41) is 0. The highest BCUT2D eigenvalue weighted by Crippen LogP contribution is 2.15. The van der Waals surface area contributed by atoms with E-state index >= 15 is 0 Å². The third-order valence-corrected chi connectivity index (χ3v) is 4.36. The minimum Gasteiger partial charge on any atom is -0.324 e. The lowest BCUT2D eigenvalue weighted by Gasteiger charge is -2.09. The Bertz CT molecular complexity index is 458. The highest BCUT2D eigenvalue weighted by molar-refractivity contribution is 7.98. The van der Waals surface area contributed by atoms with Gasteiger partial charge in [0.25, 0.3) is 0 Å². The molecule has 0 amide bonds. The molecule has 0 aromatic heterocycles. The molecule has 4 nitrogen and oxygen atoms in total. The molecule has 6 heteroatoms. The molecule has 1 rings (SSSR count). The lowest BCUT2D eigenvalue weighted by molar-refractivity contribution is 0.584. The molecule has 0 bridgehead atoms. The van der Waals surface area contributed by atoms with Gasteiger partial charge in [-0.25, -0.2) is 13.1 Å². The first-order valence-corrected chi connectivity index (χ1v) is 8.19. The van der Waals surface area contributed by atoms with Crippen molar-refractivity contribution in [2.75, 3.05) is 18.6 Å². The second-order valence-corrected chi connectivity index (χ2v) is 6.50. The van der Waals surface area contributed by atoms with E-state index in [4.69, 9.17) is 5.73 Å². The number of rotatable bonds is 6. The summed E-state index contributed by atoms with van der Waals surface area (Å²) in [7, 11) is -3.41. The number of thioether (sulfide) groups is 1. The topological polar surface area (TPSA) is 72.2 Å². The van der Waals surface area contributed by atoms with Crippen molar-refractivity contribution in [1.29, 1.82) is 0 Å². The van der Waals surface area contributed by atoms with Gasteiger partial charge in [0.15, 0.2) is 0 Å². The predicted octanol–water partition coefficient (Wildman–Crippen LogP) is 1.35. The molecule has 1 unspecified atom stereocenters. The zero-order chi connectivity index (χ0) is 12.9. The third-order valence-electron chi connectivity index (χ3n) is 2.29. The number of sulfonamides is 1. The normalized spacial score (nSPS) is 13.6. The first kappa shape index (κ1) is 14.5. The summed E-state index contributed by atoms with van der Waals surface area (Å²) in [6.45, 7) is 2.26. The Morgan fingerprint density at radius 1 is 1.47 bits per heavy atom. The number of nitrogens with two attached hydrogens (primary N) is 1. The summed E-state index contributed by atoms with van der Waals surface area (Å²) in [6, 6.07) is 6.56. The van der Waals surface area contributed by atoms with Crippen LogP contribution in [0, 0.1) is 0 Å². The van der Waals surface area contributed by atoms with Crippen molar-refractivity contribution < 1.29 is 8.42 Å². The summed E-state index contributed by atoms with van der Waals surface area (Å²) < 4.78 is 26.4. The van der Waals surface area contributed by atoms with Crippen LogP contribution in [0.4, 0.5) is 0 Å². The third kappa shape index (κ3) is 4.31. The van der Waals surface area contributed by atoms with Crippen LogP contribution in [-0.4, -0.2) is 27.0 Å². The van der Waals surface area contributed by atoms with Gasteiger partial charge in [0.2, 0.25) is 10.0 Å². The molecule has 0 aliphatic heterocycles. The van der Waals surface area contributed by atoms with Gasteiger partial charge in [-0.1, -0.05) is 12.1 Å². The van der Waals surface area contributed by atoms with Crippen molar-refractivity contribution in [1.82, 2.24) is 4.72 Å². The van der Waals surface area contributed by atoms with Crippen LogP contribution in [0.15, 0.2) is 29.2 Å². The Kier molecular flexibility index (Phi) is 5.45. The van der Waals surface area contributed by atoms with Gasteiger partial charge in [-0.05, 0) is 30.9 Å². The van der Waals surface area contributed by atoms with Crippen LogP contribution < -0.4 is 10.5 Å². The van der Waals surface area contributed by atoms with Crippen LogP contribution in [-0.2, 0) is 10.0 Å². The smallest absolute Gasteiger partial charge is 0.240 e. The molecule has 0 saturated carbocycles. The minimum atomic E-state index is -3.41. The number of hydrogen-bond donors (Lipinski definition) is 2. The van der Waals surface area contributed by atoms with Gasteiger partial charge in [-0.15, -0.1) is 0 Å². The monoisotopic (exact) mass is 274 g/mol. The molecule has 0 heterocycles. The molecular weight excluding hydrogens is 256 g/mol. The molecule has 1 atom stereocenters. The fourth-order valence-electron chi connectivity index (χ4n) is 1.33. The van der Waals surface area contributed by atoms with E-state index in [0.717, 1.165) is 11.3 Å². The molecule has 0 spiro atoms. The van der Waals surface area contributed by atoms with E-state index in [1.807, 2.05) is 19.2 Å². The van der Waals surface area contributed by atoms with Crippen molar-refractivity contribution >= 4 is 21.8 Å². The molecule has 1 aromatic rings. The van der Waals surface area contributed by atoms with Crippen LogP contribution >= 0.6 is 11.8 Å². The molecule has 0 aliphatic carbocycles. The van der Waals surface area contributed by atoms with Crippen LogP contribution in [0.3, 0.4) is 0 Å². The molecule has 17 heavy (non-hydrogen) atoms. The van der Waals surface area contributed by atoms with Crippen molar-refractivity contribution in [2.24, 2.45) is 5.73 Å². The Labute approximate surface area is 107 Å². The van der Waals surface area contributed by atoms with Gasteiger partial charge in [-0.2, -0.15) is 11.8 Å². The first-order valence-electron chi connectivity index (χ1n) is 5.31. The first-order chi connectivity index (χ1) is 7.97. The maximum absolute atomic E-state index is 11.9. The number of hydrogen-bond acceptors (Lipinski definition) is 4. The summed E-state index contributed by atoms with van der Waals surface area (Å²) in [6.07, 6.45) is 1.94. The Hall–Kier alpha value is -0.560. The fraction of sp³-hybridized carbons (Fsp3) is 0.455. The maximum atomic E-state index is 11.9. The highest BCUT2D eigenvalue weighted by atomic mass is 32.2. The van der Waals surface area contributed by atoms with Crippen molar-refractivity contribution in [3.63, 3.8) is 0 Å². The molecule has 96 valence electrons. The van der Waals surface area contributed by atoms with Crippen molar-refractivity contribution in [3.8, 4) is 0 Å². The van der Waals surface area contributed by atoms with Gasteiger partial charge >= 0.3 is 0 Å². The molecule has 0 aliphatic rings. The van der Waals surface area contributed by atoms with Crippen LogP contribution in [0.2, 0.25) is 0 Å². The second-order valence-electron chi connectivity index (χ2n) is 3.75. The quantitative estimate of drug-likeness (QED) is 0.768. The second kappa shape index (κ2) is 6.39. The average Bonchev–Trinajstić information content (AvgIpc) is 2.29. The predicted molar refractivity (Wildman–Crippen MR) is 72.6 cm³/mol. The van der Waals surface area contributed by atoms with E-state index in [2.05, 4.69) is 4.72 Å². The van der Waals surface area contributed by atoms with E-state index < -0.39 is 10.0 Å². The van der Waals surface area contributed by atoms with Gasteiger partial charge in [0.05, 0.1) is 4.90 Å². The molecule has 0 saturated heterocycles. The molecular formula is C11H18N2O2S2. The van der Waals surface area contributed by atoms with E-state index in [1.54, 1.807) is 30.0 Å².